The minimum atomic E-state index is 0.0783. The van der Waals surface area contributed by atoms with Crippen LogP contribution in [0.25, 0.3) is 0 Å². The van der Waals surface area contributed by atoms with Crippen LogP contribution in [0.4, 0.5) is 0 Å². The number of thiocarbonyl (C=S) groups is 1. The maximum atomic E-state index is 12.2. The summed E-state index contributed by atoms with van der Waals surface area (Å²) in [6.07, 6.45) is 3.68. The lowest BCUT2D eigenvalue weighted by Crippen LogP contribution is -2.54. The van der Waals surface area contributed by atoms with E-state index in [-0.39, 0.29) is 11.9 Å². The van der Waals surface area contributed by atoms with Gasteiger partial charge in [-0.05, 0) is 6.42 Å². The Kier molecular flexibility index (Phi) is 5.45. The van der Waals surface area contributed by atoms with Crippen molar-refractivity contribution in [1.82, 2.24) is 14.8 Å². The van der Waals surface area contributed by atoms with Gasteiger partial charge in [0.05, 0.1) is 22.7 Å². The molecule has 2 rings (SSSR count). The largest absolute Gasteiger partial charge is 0.392 e. The molecule has 2 N–H and O–H groups in total. The van der Waals surface area contributed by atoms with Gasteiger partial charge in [0, 0.05) is 26.2 Å². The normalized spacial score (nSPS) is 17.9. The van der Waals surface area contributed by atoms with E-state index in [0.717, 1.165) is 39.0 Å². The Bertz CT molecular complexity index is 455. The predicted molar refractivity (Wildman–Crippen MR) is 85.1 cm³/mol. The first-order valence-corrected chi connectivity index (χ1v) is 8.13. The van der Waals surface area contributed by atoms with E-state index in [2.05, 4.69) is 16.8 Å². The lowest BCUT2D eigenvalue weighted by molar-refractivity contribution is 0.0613. The summed E-state index contributed by atoms with van der Waals surface area (Å²) in [7, 11) is 0. The number of piperazine rings is 1. The van der Waals surface area contributed by atoms with Crippen LogP contribution in [0.1, 0.15) is 29.4 Å². The van der Waals surface area contributed by atoms with Gasteiger partial charge < -0.3 is 10.6 Å². The molecule has 1 aromatic heterocycles. The molecular formula is C13H20N4OS2. The third kappa shape index (κ3) is 3.53. The van der Waals surface area contributed by atoms with Gasteiger partial charge in [-0.3, -0.25) is 14.7 Å². The molecule has 0 bridgehead atoms. The summed E-state index contributed by atoms with van der Waals surface area (Å²) in [5.74, 6) is 0.0783. The number of thiazole rings is 1. The molecule has 7 heteroatoms. The molecular weight excluding hydrogens is 292 g/mol. The van der Waals surface area contributed by atoms with Crippen molar-refractivity contribution in [1.29, 1.82) is 0 Å². The average Bonchev–Trinajstić information content (AvgIpc) is 2.98. The van der Waals surface area contributed by atoms with E-state index in [1.54, 1.807) is 11.7 Å². The number of carbonyl (C=O) groups excluding carboxylic acids is 1. The molecule has 1 amide bonds. The molecule has 1 unspecified atom stereocenters. The SMILES string of the molecule is CCCC(C(N)=S)N1CCN(C(=O)c2cncs2)CC1. The summed E-state index contributed by atoms with van der Waals surface area (Å²) in [4.78, 5) is 21.6. The Morgan fingerprint density at radius 1 is 1.50 bits per heavy atom. The van der Waals surface area contributed by atoms with E-state index in [1.807, 2.05) is 4.90 Å². The fraction of sp³-hybridized carbons (Fsp3) is 0.615. The monoisotopic (exact) mass is 312 g/mol. The molecule has 0 radical (unpaired) electrons. The standard InChI is InChI=1S/C13H20N4OS2/c1-2-3-10(12(14)19)16-4-6-17(7-5-16)13(18)11-8-15-9-20-11/h8-10H,2-7H2,1H3,(H2,14,19). The molecule has 110 valence electrons. The van der Waals surface area contributed by atoms with Crippen molar-refractivity contribution in [2.24, 2.45) is 5.73 Å². The molecule has 20 heavy (non-hydrogen) atoms. The van der Waals surface area contributed by atoms with Gasteiger partial charge in [-0.2, -0.15) is 0 Å². The second kappa shape index (κ2) is 7.10. The zero-order valence-corrected chi connectivity index (χ0v) is 13.3. The fourth-order valence-corrected chi connectivity index (χ4v) is 3.35. The van der Waals surface area contributed by atoms with Crippen LogP contribution in [0.15, 0.2) is 11.7 Å². The maximum Gasteiger partial charge on any atom is 0.265 e. The third-order valence-corrected chi connectivity index (χ3v) is 4.61. The maximum absolute atomic E-state index is 12.2. The van der Waals surface area contributed by atoms with E-state index in [4.69, 9.17) is 18.0 Å². The number of aromatic nitrogens is 1. The minimum Gasteiger partial charge on any atom is -0.392 e. The van der Waals surface area contributed by atoms with Crippen molar-refractivity contribution < 1.29 is 4.79 Å². The highest BCUT2D eigenvalue weighted by atomic mass is 32.1. The number of carbonyl (C=O) groups is 1. The van der Waals surface area contributed by atoms with Crippen LogP contribution in [0.3, 0.4) is 0 Å². The average molecular weight is 312 g/mol. The highest BCUT2D eigenvalue weighted by molar-refractivity contribution is 7.80. The molecule has 0 aromatic carbocycles. The molecule has 1 saturated heterocycles. The molecule has 1 atom stereocenters. The van der Waals surface area contributed by atoms with E-state index >= 15 is 0 Å². The molecule has 5 nitrogen and oxygen atoms in total. The van der Waals surface area contributed by atoms with Crippen LogP contribution in [-0.4, -0.2) is 57.9 Å². The Balaban J connectivity index is 1.91. The van der Waals surface area contributed by atoms with Gasteiger partial charge in [-0.25, -0.2) is 0 Å². The van der Waals surface area contributed by atoms with Gasteiger partial charge in [-0.1, -0.05) is 25.6 Å². The Hall–Kier alpha value is -1.05. The van der Waals surface area contributed by atoms with Crippen molar-refractivity contribution in [3.05, 3.63) is 16.6 Å². The zero-order valence-electron chi connectivity index (χ0n) is 11.6. The van der Waals surface area contributed by atoms with Crippen molar-refractivity contribution in [3.63, 3.8) is 0 Å². The van der Waals surface area contributed by atoms with Crippen LogP contribution in [-0.2, 0) is 0 Å². The lowest BCUT2D eigenvalue weighted by Gasteiger charge is -2.38. The highest BCUT2D eigenvalue weighted by Gasteiger charge is 2.27. The summed E-state index contributed by atoms with van der Waals surface area (Å²) >= 11 is 6.55. The Morgan fingerprint density at radius 2 is 2.20 bits per heavy atom. The Morgan fingerprint density at radius 3 is 2.70 bits per heavy atom. The highest BCUT2D eigenvalue weighted by Crippen LogP contribution is 2.15. The van der Waals surface area contributed by atoms with Crippen LogP contribution < -0.4 is 5.73 Å². The summed E-state index contributed by atoms with van der Waals surface area (Å²) in [6, 6.07) is 0.163. The number of hydrogen-bond acceptors (Lipinski definition) is 5. The minimum absolute atomic E-state index is 0.0783. The van der Waals surface area contributed by atoms with Gasteiger partial charge in [0.15, 0.2) is 0 Å². The molecule has 1 aliphatic heterocycles. The van der Waals surface area contributed by atoms with Crippen LogP contribution in [0.2, 0.25) is 0 Å². The van der Waals surface area contributed by atoms with Crippen LogP contribution in [0.5, 0.6) is 0 Å². The van der Waals surface area contributed by atoms with Crippen molar-refractivity contribution in [2.75, 3.05) is 26.2 Å². The van der Waals surface area contributed by atoms with Gasteiger partial charge in [0.2, 0.25) is 0 Å². The van der Waals surface area contributed by atoms with Gasteiger partial charge in [-0.15, -0.1) is 11.3 Å². The first-order chi connectivity index (χ1) is 9.63. The van der Waals surface area contributed by atoms with E-state index in [9.17, 15) is 4.79 Å². The topological polar surface area (TPSA) is 62.5 Å². The Labute approximate surface area is 128 Å². The van der Waals surface area contributed by atoms with Gasteiger partial charge in [0.25, 0.3) is 5.91 Å². The molecule has 1 aromatic rings. The summed E-state index contributed by atoms with van der Waals surface area (Å²) < 4.78 is 0. The first kappa shape index (κ1) is 15.3. The van der Waals surface area contributed by atoms with E-state index in [1.165, 1.54) is 11.3 Å². The quantitative estimate of drug-likeness (QED) is 0.832. The fourth-order valence-electron chi connectivity index (χ4n) is 2.49. The summed E-state index contributed by atoms with van der Waals surface area (Å²) in [5.41, 5.74) is 7.52. The number of nitrogens with two attached hydrogens (primary N) is 1. The molecule has 0 saturated carbocycles. The summed E-state index contributed by atoms with van der Waals surface area (Å²) in [6.45, 7) is 5.23. The molecule has 1 aliphatic rings. The van der Waals surface area contributed by atoms with Crippen molar-refractivity contribution >= 4 is 34.5 Å². The number of amides is 1. The number of nitrogens with zero attached hydrogens (tertiary/aromatic N) is 3. The van der Waals surface area contributed by atoms with Gasteiger partial charge >= 0.3 is 0 Å². The predicted octanol–water partition coefficient (Wildman–Crippen LogP) is 1.36. The smallest absolute Gasteiger partial charge is 0.265 e. The second-order valence-electron chi connectivity index (χ2n) is 4.90. The third-order valence-electron chi connectivity index (χ3n) is 3.58. The molecule has 0 spiro atoms. The number of rotatable bonds is 5. The van der Waals surface area contributed by atoms with Crippen LogP contribution >= 0.6 is 23.6 Å². The second-order valence-corrected chi connectivity index (χ2v) is 6.26. The molecule has 0 aliphatic carbocycles. The lowest BCUT2D eigenvalue weighted by atomic mass is 10.1. The van der Waals surface area contributed by atoms with Gasteiger partial charge in [0.1, 0.15) is 4.88 Å². The molecule has 1 fully saturated rings. The van der Waals surface area contributed by atoms with Crippen LogP contribution in [0, 0.1) is 0 Å². The number of hydrogen-bond donors (Lipinski definition) is 1. The van der Waals surface area contributed by atoms with E-state index < -0.39 is 0 Å². The molecule has 2 heterocycles. The van der Waals surface area contributed by atoms with Crippen molar-refractivity contribution in [2.45, 2.75) is 25.8 Å². The van der Waals surface area contributed by atoms with E-state index in [0.29, 0.717) is 9.87 Å². The summed E-state index contributed by atoms with van der Waals surface area (Å²) in [5, 5.41) is 0. The van der Waals surface area contributed by atoms with Crippen molar-refractivity contribution in [3.8, 4) is 0 Å². The first-order valence-electron chi connectivity index (χ1n) is 6.84. The zero-order chi connectivity index (χ0) is 14.5.